The molecule has 0 spiro atoms. The number of allylic oxidation sites excluding steroid dienone is 1. The van der Waals surface area contributed by atoms with E-state index in [9.17, 15) is 0 Å². The van der Waals surface area contributed by atoms with E-state index in [2.05, 4.69) is 46.8 Å². The maximum absolute atomic E-state index is 6.06. The Balaban J connectivity index is 1.37. The third kappa shape index (κ3) is 6.72. The van der Waals surface area contributed by atoms with Crippen LogP contribution in [0, 0.1) is 23.7 Å². The Morgan fingerprint density at radius 2 is 1.74 bits per heavy atom. The minimum Gasteiger partial charge on any atom is -0.497 e. The molecule has 1 aliphatic carbocycles. The van der Waals surface area contributed by atoms with Crippen LogP contribution in [0.4, 0.5) is 0 Å². The van der Waals surface area contributed by atoms with Crippen LogP contribution in [0.1, 0.15) is 33.1 Å². The van der Waals surface area contributed by atoms with Crippen molar-refractivity contribution < 1.29 is 13.9 Å². The van der Waals surface area contributed by atoms with E-state index in [-0.39, 0.29) is 0 Å². The fourth-order valence-electron chi connectivity index (χ4n) is 5.60. The second kappa shape index (κ2) is 12.2. The van der Waals surface area contributed by atoms with Gasteiger partial charge in [-0.25, -0.2) is 0 Å². The van der Waals surface area contributed by atoms with Crippen LogP contribution < -0.4 is 4.74 Å². The average Bonchev–Trinajstić information content (AvgIpc) is 3.33. The highest BCUT2D eigenvalue weighted by atomic mass is 16.5. The largest absolute Gasteiger partial charge is 0.497 e. The Hall–Kier alpha value is -2.22. The van der Waals surface area contributed by atoms with Gasteiger partial charge in [0, 0.05) is 58.4 Å². The van der Waals surface area contributed by atoms with E-state index in [0.29, 0.717) is 29.6 Å². The molecule has 35 heavy (non-hydrogen) atoms. The fourth-order valence-corrected chi connectivity index (χ4v) is 5.60. The van der Waals surface area contributed by atoms with Gasteiger partial charge in [-0.1, -0.05) is 25.5 Å². The van der Waals surface area contributed by atoms with Gasteiger partial charge in [0.05, 0.1) is 13.7 Å². The van der Waals surface area contributed by atoms with Gasteiger partial charge in [-0.3, -0.25) is 4.90 Å². The SMILES string of the molecule is COCCN1CCN(CC2C=C(C)C(Cc3nnc(-c4ccc(OC)cc4)o3)CC2C(C)C)CC1. The van der Waals surface area contributed by atoms with Gasteiger partial charge in [0.1, 0.15) is 5.75 Å². The highest BCUT2D eigenvalue weighted by Crippen LogP contribution is 2.39. The molecule has 1 fully saturated rings. The summed E-state index contributed by atoms with van der Waals surface area (Å²) in [5, 5.41) is 8.69. The standard InChI is InChI=1S/C28H42N4O3/c1-20(2)26-17-23(18-27-29-30-28(35-27)22-6-8-25(34-5)9-7-22)21(3)16-24(26)19-32-12-10-31(11-13-32)14-15-33-4/h6-9,16,20,23-24,26H,10-15,17-19H2,1-5H3. The Kier molecular flexibility index (Phi) is 8.98. The van der Waals surface area contributed by atoms with Crippen LogP contribution in [0.5, 0.6) is 5.75 Å². The first-order chi connectivity index (χ1) is 17.0. The smallest absolute Gasteiger partial charge is 0.247 e. The molecule has 1 aromatic heterocycles. The van der Waals surface area contributed by atoms with Crippen molar-refractivity contribution in [1.82, 2.24) is 20.0 Å². The average molecular weight is 483 g/mol. The summed E-state index contributed by atoms with van der Waals surface area (Å²) >= 11 is 0. The Morgan fingerprint density at radius 1 is 1.03 bits per heavy atom. The first kappa shape index (κ1) is 25.9. The topological polar surface area (TPSA) is 63.9 Å². The number of aromatic nitrogens is 2. The molecule has 0 radical (unpaired) electrons. The lowest BCUT2D eigenvalue weighted by Gasteiger charge is -2.41. The summed E-state index contributed by atoms with van der Waals surface area (Å²) in [4.78, 5) is 5.18. The summed E-state index contributed by atoms with van der Waals surface area (Å²) in [6, 6.07) is 7.75. The zero-order valence-electron chi connectivity index (χ0n) is 22.1. The molecule has 1 saturated heterocycles. The van der Waals surface area contributed by atoms with Gasteiger partial charge in [-0.05, 0) is 61.3 Å². The third-order valence-corrected chi connectivity index (χ3v) is 7.85. The number of rotatable bonds is 10. The molecular formula is C28H42N4O3. The zero-order chi connectivity index (χ0) is 24.8. The minimum absolute atomic E-state index is 0.453. The van der Waals surface area contributed by atoms with Crippen molar-refractivity contribution >= 4 is 0 Å². The van der Waals surface area contributed by atoms with Crippen molar-refractivity contribution in [3.8, 4) is 17.2 Å². The predicted molar refractivity (Wildman–Crippen MR) is 138 cm³/mol. The lowest BCUT2D eigenvalue weighted by Crippen LogP contribution is -2.49. The van der Waals surface area contributed by atoms with Gasteiger partial charge in [-0.15, -0.1) is 10.2 Å². The summed E-state index contributed by atoms with van der Waals surface area (Å²) in [6.07, 6.45) is 4.54. The van der Waals surface area contributed by atoms with E-state index in [1.54, 1.807) is 14.2 Å². The molecule has 0 bridgehead atoms. The molecule has 0 amide bonds. The molecule has 7 nitrogen and oxygen atoms in total. The van der Waals surface area contributed by atoms with E-state index in [1.807, 2.05) is 24.3 Å². The van der Waals surface area contributed by atoms with Crippen LogP contribution in [0.25, 0.3) is 11.5 Å². The van der Waals surface area contributed by atoms with Crippen molar-refractivity contribution in [2.75, 3.05) is 60.1 Å². The minimum atomic E-state index is 0.453. The molecule has 4 rings (SSSR count). The lowest BCUT2D eigenvalue weighted by molar-refractivity contribution is 0.0798. The van der Waals surface area contributed by atoms with Crippen LogP contribution in [-0.2, 0) is 11.2 Å². The number of piperazine rings is 1. The Bertz CT molecular complexity index is 947. The number of ether oxygens (including phenoxy) is 2. The second-order valence-electron chi connectivity index (χ2n) is 10.5. The summed E-state index contributed by atoms with van der Waals surface area (Å²) < 4.78 is 16.6. The number of benzene rings is 1. The maximum atomic E-state index is 6.06. The van der Waals surface area contributed by atoms with Crippen LogP contribution in [0.2, 0.25) is 0 Å². The molecule has 1 aromatic carbocycles. The molecule has 2 heterocycles. The second-order valence-corrected chi connectivity index (χ2v) is 10.5. The normalized spacial score (nSPS) is 24.1. The first-order valence-electron chi connectivity index (χ1n) is 13.1. The van der Waals surface area contributed by atoms with Gasteiger partial charge >= 0.3 is 0 Å². The van der Waals surface area contributed by atoms with Gasteiger partial charge in [0.15, 0.2) is 0 Å². The summed E-state index contributed by atoms with van der Waals surface area (Å²) in [6.45, 7) is 14.6. The monoisotopic (exact) mass is 482 g/mol. The molecule has 1 aliphatic heterocycles. The van der Waals surface area contributed by atoms with Crippen LogP contribution in [-0.4, -0.2) is 80.1 Å². The summed E-state index contributed by atoms with van der Waals surface area (Å²) in [5.74, 6) is 4.48. The summed E-state index contributed by atoms with van der Waals surface area (Å²) in [7, 11) is 3.45. The maximum Gasteiger partial charge on any atom is 0.247 e. The lowest BCUT2D eigenvalue weighted by atomic mass is 9.69. The van der Waals surface area contributed by atoms with E-state index >= 15 is 0 Å². The van der Waals surface area contributed by atoms with Gasteiger partial charge < -0.3 is 18.8 Å². The Morgan fingerprint density at radius 3 is 2.40 bits per heavy atom. The van der Waals surface area contributed by atoms with Gasteiger partial charge in [0.2, 0.25) is 11.8 Å². The Labute approximate surface area is 210 Å². The third-order valence-electron chi connectivity index (χ3n) is 7.85. The molecule has 2 aromatic rings. The van der Waals surface area contributed by atoms with Crippen LogP contribution in [0.15, 0.2) is 40.3 Å². The van der Waals surface area contributed by atoms with Crippen molar-refractivity contribution in [2.45, 2.75) is 33.6 Å². The van der Waals surface area contributed by atoms with Crippen LogP contribution >= 0.6 is 0 Å². The molecule has 2 aliphatic rings. The number of hydrogen-bond donors (Lipinski definition) is 0. The van der Waals surface area contributed by atoms with Crippen molar-refractivity contribution in [3.05, 3.63) is 41.8 Å². The number of nitrogens with zero attached hydrogens (tertiary/aromatic N) is 4. The highest BCUT2D eigenvalue weighted by molar-refractivity contribution is 5.53. The van der Waals surface area contributed by atoms with Gasteiger partial charge in [0.25, 0.3) is 0 Å². The quantitative estimate of drug-likeness (QED) is 0.465. The van der Waals surface area contributed by atoms with E-state index < -0.39 is 0 Å². The molecule has 3 unspecified atom stereocenters. The first-order valence-corrected chi connectivity index (χ1v) is 13.1. The molecular weight excluding hydrogens is 440 g/mol. The van der Waals surface area contributed by atoms with Crippen molar-refractivity contribution in [1.29, 1.82) is 0 Å². The molecule has 3 atom stereocenters. The molecule has 0 N–H and O–H groups in total. The van der Waals surface area contributed by atoms with E-state index in [1.165, 1.54) is 12.0 Å². The number of methoxy groups -OCH3 is 2. The molecule has 0 saturated carbocycles. The predicted octanol–water partition coefficient (Wildman–Crippen LogP) is 4.41. The highest BCUT2D eigenvalue weighted by Gasteiger charge is 2.34. The number of hydrogen-bond acceptors (Lipinski definition) is 7. The van der Waals surface area contributed by atoms with Gasteiger partial charge in [-0.2, -0.15) is 0 Å². The fraction of sp³-hybridized carbons (Fsp3) is 0.643. The van der Waals surface area contributed by atoms with E-state index in [0.717, 1.165) is 69.5 Å². The van der Waals surface area contributed by atoms with Crippen molar-refractivity contribution in [2.24, 2.45) is 23.7 Å². The van der Waals surface area contributed by atoms with Crippen LogP contribution in [0.3, 0.4) is 0 Å². The molecule has 7 heteroatoms. The molecule has 192 valence electrons. The summed E-state index contributed by atoms with van der Waals surface area (Å²) in [5.41, 5.74) is 2.39. The zero-order valence-corrected chi connectivity index (χ0v) is 22.1. The van der Waals surface area contributed by atoms with E-state index in [4.69, 9.17) is 13.9 Å². The van der Waals surface area contributed by atoms with Crippen molar-refractivity contribution in [3.63, 3.8) is 0 Å².